The number of nitrogens with one attached hydrogen (secondary N) is 1. The molecule has 1 atom stereocenters. The maximum atomic E-state index is 13.7. The summed E-state index contributed by atoms with van der Waals surface area (Å²) in [5, 5.41) is 8.04. The number of rotatable bonds is 7. The number of hydrogen-bond donors (Lipinski definition) is 1. The van der Waals surface area contributed by atoms with E-state index in [2.05, 4.69) is 36.1 Å². The van der Waals surface area contributed by atoms with Crippen LogP contribution in [0, 0.1) is 0 Å². The number of halogens is 2. The number of methoxy groups -OCH3 is 1. The molecule has 0 aliphatic carbocycles. The van der Waals surface area contributed by atoms with Crippen molar-refractivity contribution in [2.24, 2.45) is 0 Å². The van der Waals surface area contributed by atoms with Crippen LogP contribution < -0.4 is 15.0 Å². The molecule has 3 aromatic rings. The number of anilines is 2. The lowest BCUT2D eigenvalue weighted by Crippen LogP contribution is -2.59. The first-order valence-electron chi connectivity index (χ1n) is 11.8. The smallest absolute Gasteiger partial charge is 0.261 e. The Morgan fingerprint density at radius 1 is 1.18 bits per heavy atom. The summed E-state index contributed by atoms with van der Waals surface area (Å²) in [5.41, 5.74) is 2.86. The van der Waals surface area contributed by atoms with Gasteiger partial charge in [0.2, 0.25) is 11.9 Å². The van der Waals surface area contributed by atoms with Crippen LogP contribution in [0.5, 0.6) is 5.75 Å². The van der Waals surface area contributed by atoms with Crippen molar-refractivity contribution in [2.75, 3.05) is 43.5 Å². The van der Waals surface area contributed by atoms with Gasteiger partial charge in [-0.3, -0.25) is 4.90 Å². The molecule has 0 spiro atoms. The van der Waals surface area contributed by atoms with Gasteiger partial charge < -0.3 is 15.0 Å². The molecule has 8 nitrogen and oxygen atoms in total. The number of benzene rings is 1. The van der Waals surface area contributed by atoms with Crippen LogP contribution >= 0.6 is 0 Å². The fourth-order valence-corrected chi connectivity index (χ4v) is 4.64. The van der Waals surface area contributed by atoms with E-state index in [4.69, 9.17) is 14.7 Å². The molecule has 1 aromatic carbocycles. The summed E-state index contributed by atoms with van der Waals surface area (Å²) in [6.07, 6.45) is 1.78. The first kappa shape index (κ1) is 22.8. The minimum Gasteiger partial charge on any atom is -0.497 e. The summed E-state index contributed by atoms with van der Waals surface area (Å²) in [5.74, 6) is -0.344. The van der Waals surface area contributed by atoms with Crippen LogP contribution in [0.1, 0.15) is 50.3 Å². The second-order valence-electron chi connectivity index (χ2n) is 9.62. The molecule has 0 saturated carbocycles. The van der Waals surface area contributed by atoms with E-state index >= 15 is 0 Å². The van der Waals surface area contributed by atoms with Gasteiger partial charge >= 0.3 is 0 Å². The van der Waals surface area contributed by atoms with E-state index in [-0.39, 0.29) is 31.0 Å². The molecule has 34 heavy (non-hydrogen) atoms. The molecule has 2 fully saturated rings. The number of nitrogens with zero attached hydrogens (tertiary/aromatic N) is 6. The molecular weight excluding hydrogens is 440 g/mol. The van der Waals surface area contributed by atoms with Crippen LogP contribution in [-0.4, -0.2) is 69.7 Å². The lowest BCUT2D eigenvalue weighted by Gasteiger charge is -2.44. The fourth-order valence-electron chi connectivity index (χ4n) is 4.64. The summed E-state index contributed by atoms with van der Waals surface area (Å²) in [6, 6.07) is 7.95. The molecule has 4 heterocycles. The average Bonchev–Trinajstić information content (AvgIpc) is 3.36. The van der Waals surface area contributed by atoms with Gasteiger partial charge in [-0.25, -0.2) is 8.78 Å². The van der Waals surface area contributed by atoms with E-state index in [0.29, 0.717) is 31.5 Å². The minimum absolute atomic E-state index is 0.0521. The molecule has 1 unspecified atom stereocenters. The largest absolute Gasteiger partial charge is 0.497 e. The lowest BCUT2D eigenvalue weighted by molar-refractivity contribution is 0.00598. The lowest BCUT2D eigenvalue weighted by atomic mass is 10.1. The number of likely N-dealkylation sites (tertiary alicyclic amines) is 1. The highest BCUT2D eigenvalue weighted by Crippen LogP contribution is 2.33. The number of fused-ring (bicyclic) bond motifs is 1. The Bertz CT molecular complexity index is 1180. The third-order valence-corrected chi connectivity index (χ3v) is 6.81. The third kappa shape index (κ3) is 4.26. The van der Waals surface area contributed by atoms with Gasteiger partial charge in [0, 0.05) is 37.7 Å². The number of alkyl halides is 2. The molecule has 0 amide bonds. The Labute approximate surface area is 197 Å². The predicted molar refractivity (Wildman–Crippen MR) is 127 cm³/mol. The van der Waals surface area contributed by atoms with Crippen molar-refractivity contribution < 1.29 is 13.5 Å². The molecule has 182 valence electrons. The Kier molecular flexibility index (Phi) is 5.79. The highest BCUT2D eigenvalue weighted by molar-refractivity contribution is 5.57. The topological polar surface area (TPSA) is 70.8 Å². The summed E-state index contributed by atoms with van der Waals surface area (Å²) < 4.78 is 34.4. The summed E-state index contributed by atoms with van der Waals surface area (Å²) in [4.78, 5) is 13.6. The zero-order valence-corrected chi connectivity index (χ0v) is 20.0. The van der Waals surface area contributed by atoms with Crippen LogP contribution in [-0.2, 0) is 0 Å². The standard InChI is InChI=1S/C24H31F2N7O/c1-15(2)20-11-27-33-21(20)29-22(32-12-18(13-32)31-9-8-24(25,26)14-31)30-23(33)28-16(3)17-6-5-7-19(10-17)34-4/h5-7,10-11,15-16,18H,8-9,12-14H2,1-4H3,(H,28,29,30). The van der Waals surface area contributed by atoms with Gasteiger partial charge in [-0.2, -0.15) is 19.6 Å². The van der Waals surface area contributed by atoms with Gasteiger partial charge in [-0.1, -0.05) is 26.0 Å². The van der Waals surface area contributed by atoms with Crippen molar-refractivity contribution in [3.63, 3.8) is 0 Å². The van der Waals surface area contributed by atoms with Crippen molar-refractivity contribution in [1.29, 1.82) is 0 Å². The van der Waals surface area contributed by atoms with Gasteiger partial charge in [-0.15, -0.1) is 0 Å². The van der Waals surface area contributed by atoms with Crippen LogP contribution in [0.2, 0.25) is 0 Å². The zero-order valence-electron chi connectivity index (χ0n) is 20.0. The number of aromatic nitrogens is 4. The molecule has 10 heteroatoms. The second-order valence-corrected chi connectivity index (χ2v) is 9.62. The van der Waals surface area contributed by atoms with Gasteiger partial charge in [-0.05, 0) is 30.5 Å². The molecule has 2 aliphatic rings. The van der Waals surface area contributed by atoms with E-state index in [9.17, 15) is 8.78 Å². The molecule has 2 aromatic heterocycles. The Morgan fingerprint density at radius 3 is 2.65 bits per heavy atom. The maximum absolute atomic E-state index is 13.7. The number of ether oxygens (including phenoxy) is 1. The highest BCUT2D eigenvalue weighted by Gasteiger charge is 2.44. The van der Waals surface area contributed by atoms with Gasteiger partial charge in [0.05, 0.1) is 25.9 Å². The summed E-state index contributed by atoms with van der Waals surface area (Å²) in [7, 11) is 1.65. The van der Waals surface area contributed by atoms with Crippen LogP contribution in [0.4, 0.5) is 20.7 Å². The zero-order chi connectivity index (χ0) is 24.0. The quantitative estimate of drug-likeness (QED) is 0.559. The molecule has 5 rings (SSSR count). The van der Waals surface area contributed by atoms with E-state index < -0.39 is 5.92 Å². The summed E-state index contributed by atoms with van der Waals surface area (Å²) in [6.45, 7) is 7.84. The Balaban J connectivity index is 1.41. The molecule has 0 radical (unpaired) electrons. The predicted octanol–water partition coefficient (Wildman–Crippen LogP) is 3.96. The Hall–Kier alpha value is -3.01. The molecule has 2 aliphatic heterocycles. The van der Waals surface area contributed by atoms with E-state index in [1.165, 1.54) is 0 Å². The van der Waals surface area contributed by atoms with Crippen molar-refractivity contribution in [2.45, 2.75) is 51.1 Å². The van der Waals surface area contributed by atoms with Crippen LogP contribution in [0.3, 0.4) is 0 Å². The third-order valence-electron chi connectivity index (χ3n) is 6.81. The first-order valence-corrected chi connectivity index (χ1v) is 11.8. The van der Waals surface area contributed by atoms with Crippen LogP contribution in [0.25, 0.3) is 5.65 Å². The number of hydrogen-bond acceptors (Lipinski definition) is 7. The van der Waals surface area contributed by atoms with Crippen molar-refractivity contribution >= 4 is 17.5 Å². The van der Waals surface area contributed by atoms with E-state index in [1.54, 1.807) is 11.6 Å². The van der Waals surface area contributed by atoms with Crippen molar-refractivity contribution in [3.8, 4) is 5.75 Å². The van der Waals surface area contributed by atoms with E-state index in [0.717, 1.165) is 22.5 Å². The van der Waals surface area contributed by atoms with Gasteiger partial charge in [0.15, 0.2) is 5.65 Å². The maximum Gasteiger partial charge on any atom is 0.261 e. The van der Waals surface area contributed by atoms with Crippen molar-refractivity contribution in [3.05, 3.63) is 41.6 Å². The summed E-state index contributed by atoms with van der Waals surface area (Å²) >= 11 is 0. The first-order chi connectivity index (χ1) is 16.2. The molecule has 2 saturated heterocycles. The average molecular weight is 472 g/mol. The molecule has 1 N–H and O–H groups in total. The highest BCUT2D eigenvalue weighted by atomic mass is 19.3. The molecule has 0 bridgehead atoms. The second kappa shape index (κ2) is 8.65. The SMILES string of the molecule is COc1cccc(C(C)Nc2nc(N3CC(N4CCC(F)(F)C4)C3)nc3c(C(C)C)cnn23)c1. The molecular formula is C24H31F2N7O. The van der Waals surface area contributed by atoms with Crippen molar-refractivity contribution in [1.82, 2.24) is 24.5 Å². The van der Waals surface area contributed by atoms with Gasteiger partial charge in [0.25, 0.3) is 5.92 Å². The van der Waals surface area contributed by atoms with Gasteiger partial charge in [0.1, 0.15) is 5.75 Å². The van der Waals surface area contributed by atoms with Crippen LogP contribution in [0.15, 0.2) is 30.5 Å². The minimum atomic E-state index is -2.58. The fraction of sp³-hybridized carbons (Fsp3) is 0.542. The Morgan fingerprint density at radius 2 is 1.97 bits per heavy atom. The van der Waals surface area contributed by atoms with E-state index in [1.807, 2.05) is 35.4 Å². The normalized spacial score (nSPS) is 19.6. The monoisotopic (exact) mass is 471 g/mol.